The molecule has 1 aromatic carbocycles. The summed E-state index contributed by atoms with van der Waals surface area (Å²) in [5.74, 6) is 0. The number of aliphatic hydroxyl groups is 1. The fourth-order valence-electron chi connectivity index (χ4n) is 3.13. The van der Waals surface area contributed by atoms with E-state index in [0.717, 1.165) is 5.56 Å². The van der Waals surface area contributed by atoms with Gasteiger partial charge < -0.3 is 15.2 Å². The average molecular weight is 277 g/mol. The maximum Gasteiger partial charge on any atom is 0.0716 e. The van der Waals surface area contributed by atoms with Crippen molar-refractivity contribution >= 4 is 0 Å². The molecule has 1 atom stereocenters. The van der Waals surface area contributed by atoms with Crippen LogP contribution in [0.5, 0.6) is 0 Å². The molecule has 0 aliphatic heterocycles. The van der Waals surface area contributed by atoms with Crippen molar-refractivity contribution in [3.63, 3.8) is 0 Å². The Morgan fingerprint density at radius 2 is 1.90 bits per heavy atom. The third-order valence-electron chi connectivity index (χ3n) is 4.20. The van der Waals surface area contributed by atoms with Crippen molar-refractivity contribution in [2.75, 3.05) is 13.7 Å². The average Bonchev–Trinajstić information content (AvgIpc) is 2.74. The number of benzene rings is 1. The summed E-state index contributed by atoms with van der Waals surface area (Å²) in [6.45, 7) is 0.732. The van der Waals surface area contributed by atoms with Gasteiger partial charge in [-0.2, -0.15) is 0 Å². The summed E-state index contributed by atoms with van der Waals surface area (Å²) >= 11 is 0. The van der Waals surface area contributed by atoms with Gasteiger partial charge in [0.1, 0.15) is 0 Å². The first-order valence-corrected chi connectivity index (χ1v) is 7.78. The summed E-state index contributed by atoms with van der Waals surface area (Å²) in [6.07, 6.45) is 7.75. The minimum absolute atomic E-state index is 0.0180. The van der Waals surface area contributed by atoms with Gasteiger partial charge in [0.25, 0.3) is 0 Å². The zero-order chi connectivity index (χ0) is 14.2. The highest BCUT2D eigenvalue weighted by molar-refractivity contribution is 5.29. The minimum Gasteiger partial charge on any atom is -0.394 e. The Bertz CT molecular complexity index is 386. The van der Waals surface area contributed by atoms with Gasteiger partial charge >= 0.3 is 0 Å². The van der Waals surface area contributed by atoms with Gasteiger partial charge in [-0.05, 0) is 24.0 Å². The van der Waals surface area contributed by atoms with Crippen LogP contribution in [-0.2, 0) is 11.3 Å². The lowest BCUT2D eigenvalue weighted by Crippen LogP contribution is -2.35. The van der Waals surface area contributed by atoms with E-state index in [-0.39, 0.29) is 12.6 Å². The molecule has 0 radical (unpaired) electrons. The van der Waals surface area contributed by atoms with Crippen LogP contribution in [0.3, 0.4) is 0 Å². The van der Waals surface area contributed by atoms with E-state index in [1.807, 2.05) is 12.1 Å². The molecular formula is C17H27NO2. The molecule has 1 saturated carbocycles. The number of ether oxygens (including phenoxy) is 1. The van der Waals surface area contributed by atoms with Gasteiger partial charge in [0, 0.05) is 13.2 Å². The zero-order valence-electron chi connectivity index (χ0n) is 12.5. The summed E-state index contributed by atoms with van der Waals surface area (Å²) in [6, 6.07) is 8.79. The Kier molecular flexibility index (Phi) is 6.51. The molecule has 20 heavy (non-hydrogen) atoms. The van der Waals surface area contributed by atoms with Gasteiger partial charge in [0.05, 0.1) is 19.3 Å². The molecule has 0 saturated heterocycles. The molecule has 0 bridgehead atoms. The van der Waals surface area contributed by atoms with E-state index in [4.69, 9.17) is 4.74 Å². The van der Waals surface area contributed by atoms with Crippen LogP contribution in [0, 0.1) is 0 Å². The molecule has 2 N–H and O–H groups in total. The van der Waals surface area contributed by atoms with Crippen molar-refractivity contribution < 1.29 is 9.84 Å². The molecule has 3 nitrogen and oxygen atoms in total. The van der Waals surface area contributed by atoms with E-state index in [1.54, 1.807) is 7.11 Å². The molecular weight excluding hydrogens is 250 g/mol. The summed E-state index contributed by atoms with van der Waals surface area (Å²) in [7, 11) is 1.71. The van der Waals surface area contributed by atoms with E-state index in [0.29, 0.717) is 12.6 Å². The van der Waals surface area contributed by atoms with Gasteiger partial charge in [-0.15, -0.1) is 0 Å². The largest absolute Gasteiger partial charge is 0.394 e. The number of hydrogen-bond acceptors (Lipinski definition) is 3. The predicted octanol–water partition coefficient (Wildman–Crippen LogP) is 3.18. The molecule has 1 fully saturated rings. The Balaban J connectivity index is 2.06. The molecule has 1 unspecified atom stereocenters. The van der Waals surface area contributed by atoms with Crippen LogP contribution in [-0.4, -0.2) is 24.9 Å². The van der Waals surface area contributed by atoms with E-state index >= 15 is 0 Å². The second kappa shape index (κ2) is 8.40. The predicted molar refractivity (Wildman–Crippen MR) is 81.6 cm³/mol. The Hall–Kier alpha value is -0.900. The maximum atomic E-state index is 9.77. The van der Waals surface area contributed by atoms with Crippen molar-refractivity contribution in [1.29, 1.82) is 0 Å². The first kappa shape index (κ1) is 15.5. The summed E-state index contributed by atoms with van der Waals surface area (Å²) in [5.41, 5.74) is 2.33. The third kappa shape index (κ3) is 4.30. The number of methoxy groups -OCH3 is 1. The first-order chi connectivity index (χ1) is 9.85. The van der Waals surface area contributed by atoms with Crippen molar-refractivity contribution in [3.05, 3.63) is 35.4 Å². The molecule has 0 amide bonds. The van der Waals surface area contributed by atoms with Crippen LogP contribution < -0.4 is 5.32 Å². The first-order valence-electron chi connectivity index (χ1n) is 7.78. The van der Waals surface area contributed by atoms with Crippen molar-refractivity contribution in [2.45, 2.75) is 57.2 Å². The summed E-state index contributed by atoms with van der Waals surface area (Å²) in [5, 5.41) is 13.4. The van der Waals surface area contributed by atoms with Crippen LogP contribution in [0.4, 0.5) is 0 Å². The molecule has 0 aromatic heterocycles. The molecule has 112 valence electrons. The quantitative estimate of drug-likeness (QED) is 0.785. The maximum absolute atomic E-state index is 9.77. The van der Waals surface area contributed by atoms with Crippen LogP contribution >= 0.6 is 0 Å². The lowest BCUT2D eigenvalue weighted by molar-refractivity contribution is 0.180. The molecule has 2 rings (SSSR count). The number of nitrogens with one attached hydrogen (secondary N) is 1. The second-order valence-electron chi connectivity index (χ2n) is 5.72. The van der Waals surface area contributed by atoms with Gasteiger partial charge in [-0.1, -0.05) is 49.9 Å². The van der Waals surface area contributed by atoms with Crippen LogP contribution in [0.1, 0.15) is 55.7 Å². The van der Waals surface area contributed by atoms with E-state index in [2.05, 4.69) is 17.4 Å². The molecule has 3 heteroatoms. The van der Waals surface area contributed by atoms with Gasteiger partial charge in [0.15, 0.2) is 0 Å². The minimum atomic E-state index is 0.0180. The van der Waals surface area contributed by atoms with Crippen molar-refractivity contribution in [3.8, 4) is 0 Å². The normalized spacial score (nSPS) is 18.7. The van der Waals surface area contributed by atoms with E-state index in [9.17, 15) is 5.11 Å². The molecule has 1 aromatic rings. The van der Waals surface area contributed by atoms with Crippen LogP contribution in [0.25, 0.3) is 0 Å². The Labute approximate surface area is 122 Å². The van der Waals surface area contributed by atoms with Gasteiger partial charge in [-0.25, -0.2) is 0 Å². The fraction of sp³-hybridized carbons (Fsp3) is 0.647. The van der Waals surface area contributed by atoms with E-state index in [1.165, 1.54) is 44.1 Å². The molecule has 0 heterocycles. The summed E-state index contributed by atoms with van der Waals surface area (Å²) < 4.78 is 5.26. The summed E-state index contributed by atoms with van der Waals surface area (Å²) in [4.78, 5) is 0. The highest BCUT2D eigenvalue weighted by Crippen LogP contribution is 2.23. The highest BCUT2D eigenvalue weighted by atomic mass is 16.5. The number of rotatable bonds is 6. The SMILES string of the molecule is COCc1ccccc1C(CO)NC1CCCCCC1. The highest BCUT2D eigenvalue weighted by Gasteiger charge is 2.19. The van der Waals surface area contributed by atoms with Gasteiger partial charge in [-0.3, -0.25) is 0 Å². The number of hydrogen-bond donors (Lipinski definition) is 2. The number of aliphatic hydroxyl groups excluding tert-OH is 1. The smallest absolute Gasteiger partial charge is 0.0716 e. The standard InChI is InChI=1S/C17H27NO2/c1-20-13-14-8-6-7-11-16(14)17(12-19)18-15-9-4-2-3-5-10-15/h6-8,11,15,17-19H,2-5,9-10,12-13H2,1H3. The molecule has 0 spiro atoms. The van der Waals surface area contributed by atoms with Gasteiger partial charge in [0.2, 0.25) is 0 Å². The van der Waals surface area contributed by atoms with Crippen molar-refractivity contribution in [2.24, 2.45) is 0 Å². The Morgan fingerprint density at radius 3 is 2.55 bits per heavy atom. The fourth-order valence-corrected chi connectivity index (χ4v) is 3.13. The lowest BCUT2D eigenvalue weighted by Gasteiger charge is -2.25. The zero-order valence-corrected chi connectivity index (χ0v) is 12.5. The molecule has 1 aliphatic carbocycles. The molecule has 1 aliphatic rings. The third-order valence-corrected chi connectivity index (χ3v) is 4.20. The van der Waals surface area contributed by atoms with Crippen molar-refractivity contribution in [1.82, 2.24) is 5.32 Å². The topological polar surface area (TPSA) is 41.5 Å². The van der Waals surface area contributed by atoms with Crippen LogP contribution in [0.15, 0.2) is 24.3 Å². The van der Waals surface area contributed by atoms with Crippen LogP contribution in [0.2, 0.25) is 0 Å². The Morgan fingerprint density at radius 1 is 1.20 bits per heavy atom. The van der Waals surface area contributed by atoms with E-state index < -0.39 is 0 Å². The monoisotopic (exact) mass is 277 g/mol. The second-order valence-corrected chi connectivity index (χ2v) is 5.72. The lowest BCUT2D eigenvalue weighted by atomic mass is 9.99.